The van der Waals surface area contributed by atoms with Gasteiger partial charge in [0.1, 0.15) is 17.3 Å². The number of hydrogen-bond acceptors (Lipinski definition) is 5. The van der Waals surface area contributed by atoms with Gasteiger partial charge in [-0.15, -0.1) is 0 Å². The van der Waals surface area contributed by atoms with Gasteiger partial charge in [-0.1, -0.05) is 18.2 Å². The third kappa shape index (κ3) is 4.61. The third-order valence-corrected chi connectivity index (χ3v) is 7.36. The molecule has 0 radical (unpaired) electrons. The Kier molecular flexibility index (Phi) is 6.08. The van der Waals surface area contributed by atoms with Gasteiger partial charge in [0.2, 0.25) is 5.25 Å². The standard InChI is InChI=1S/C24H22FN5O2S/c25-20-4-2-1-3-17(20)14-30-11-12-33(32)22(15-30)24(31)27-18-5-6-21-19(13-18)23(29-28-21)16-7-9-26-10-8-16/h1-10,13,22H,11-12,14-15H2,(H,27,31)(H,28,29). The van der Waals surface area contributed by atoms with Crippen LogP contribution in [0.5, 0.6) is 0 Å². The van der Waals surface area contributed by atoms with Gasteiger partial charge >= 0.3 is 0 Å². The molecule has 5 rings (SSSR count). The number of nitrogens with zero attached hydrogens (tertiary/aromatic N) is 3. The zero-order chi connectivity index (χ0) is 22.8. The van der Waals surface area contributed by atoms with Crippen LogP contribution in [-0.4, -0.2) is 54.6 Å². The van der Waals surface area contributed by atoms with Gasteiger partial charge in [-0.2, -0.15) is 5.10 Å². The number of fused-ring (bicyclic) bond motifs is 1. The predicted molar refractivity (Wildman–Crippen MR) is 126 cm³/mol. The van der Waals surface area contributed by atoms with E-state index in [4.69, 9.17) is 0 Å². The topological polar surface area (TPSA) is 97.0 Å². The maximum absolute atomic E-state index is 14.0. The molecule has 2 aromatic heterocycles. The Balaban J connectivity index is 1.32. The number of carbonyl (C=O) groups excluding carboxylic acids is 1. The molecule has 0 saturated carbocycles. The molecule has 1 amide bonds. The first kappa shape index (κ1) is 21.6. The van der Waals surface area contributed by atoms with Gasteiger partial charge in [0.25, 0.3) is 5.91 Å². The summed E-state index contributed by atoms with van der Waals surface area (Å²) in [5.41, 5.74) is 3.70. The van der Waals surface area contributed by atoms with Crippen molar-refractivity contribution in [2.75, 3.05) is 24.2 Å². The summed E-state index contributed by atoms with van der Waals surface area (Å²) in [7, 11) is 0. The summed E-state index contributed by atoms with van der Waals surface area (Å²) < 4.78 is 26.7. The number of amides is 1. The number of rotatable bonds is 5. The van der Waals surface area contributed by atoms with Crippen molar-refractivity contribution in [1.29, 1.82) is 0 Å². The van der Waals surface area contributed by atoms with Crippen molar-refractivity contribution >= 4 is 33.7 Å². The monoisotopic (exact) mass is 463 g/mol. The first-order chi connectivity index (χ1) is 16.1. The van der Waals surface area contributed by atoms with E-state index in [1.807, 2.05) is 29.2 Å². The molecule has 0 bridgehead atoms. The van der Waals surface area contributed by atoms with Crippen molar-refractivity contribution < 1.29 is 13.7 Å². The Bertz CT molecular complexity index is 1280. The fourth-order valence-electron chi connectivity index (χ4n) is 4.03. The Labute approximate surface area is 193 Å². The van der Waals surface area contributed by atoms with Crippen LogP contribution in [0, 0.1) is 5.82 Å². The highest BCUT2D eigenvalue weighted by molar-refractivity contribution is 7.92. The van der Waals surface area contributed by atoms with Gasteiger partial charge in [-0.05, 0) is 47.6 Å². The lowest BCUT2D eigenvalue weighted by molar-refractivity contribution is -0.116. The van der Waals surface area contributed by atoms with Gasteiger partial charge in [0, 0.05) is 47.7 Å². The lowest BCUT2D eigenvalue weighted by atomic mass is 10.1. The molecule has 2 N–H and O–H groups in total. The first-order valence-corrected chi connectivity index (χ1v) is 12.0. The zero-order valence-corrected chi connectivity index (χ0v) is 18.5. The highest BCUT2D eigenvalue weighted by Gasteiger charge is 2.37. The summed E-state index contributed by atoms with van der Waals surface area (Å²) in [6.07, 6.45) is 3.40. The average Bonchev–Trinajstić information content (AvgIpc) is 3.25. The van der Waals surface area contributed by atoms with Crippen molar-refractivity contribution in [2.24, 2.45) is 0 Å². The molecule has 1 fully saturated rings. The molecule has 9 heteroatoms. The number of benzene rings is 2. The number of carbonyl (C=O) groups is 1. The number of pyridine rings is 1. The largest absolute Gasteiger partial charge is 0.616 e. The fourth-order valence-corrected chi connectivity index (χ4v) is 5.43. The van der Waals surface area contributed by atoms with Crippen LogP contribution < -0.4 is 5.32 Å². The Morgan fingerprint density at radius 2 is 2.03 bits per heavy atom. The van der Waals surface area contributed by atoms with E-state index in [-0.39, 0.29) is 11.7 Å². The molecule has 1 aliphatic rings. The quantitative estimate of drug-likeness (QED) is 0.443. The van der Waals surface area contributed by atoms with Crippen LogP contribution in [0.4, 0.5) is 10.1 Å². The number of nitrogens with one attached hydrogen (secondary N) is 2. The molecule has 7 nitrogen and oxygen atoms in total. The van der Waals surface area contributed by atoms with Crippen LogP contribution in [-0.2, 0) is 22.5 Å². The van der Waals surface area contributed by atoms with Crippen LogP contribution in [0.15, 0.2) is 67.0 Å². The zero-order valence-electron chi connectivity index (χ0n) is 17.7. The second-order valence-electron chi connectivity index (χ2n) is 7.96. The normalized spacial score (nSPS) is 19.0. The smallest absolute Gasteiger partial charge is 0.278 e. The summed E-state index contributed by atoms with van der Waals surface area (Å²) in [6.45, 7) is 1.24. The molecule has 2 aromatic carbocycles. The Hall–Kier alpha value is -3.27. The minimum absolute atomic E-state index is 0.274. The van der Waals surface area contributed by atoms with Gasteiger partial charge in [-0.25, -0.2) is 4.39 Å². The summed E-state index contributed by atoms with van der Waals surface area (Å²) in [4.78, 5) is 19.1. The summed E-state index contributed by atoms with van der Waals surface area (Å²) in [6, 6.07) is 15.8. The Morgan fingerprint density at radius 3 is 2.85 bits per heavy atom. The van der Waals surface area contributed by atoms with E-state index in [1.54, 1.807) is 36.7 Å². The summed E-state index contributed by atoms with van der Waals surface area (Å²) in [5.74, 6) is -0.206. The van der Waals surface area contributed by atoms with E-state index >= 15 is 0 Å². The molecular formula is C24H22FN5O2S. The molecule has 1 aliphatic heterocycles. The molecule has 0 spiro atoms. The molecule has 33 heavy (non-hydrogen) atoms. The van der Waals surface area contributed by atoms with Crippen LogP contribution in [0.1, 0.15) is 5.56 Å². The van der Waals surface area contributed by atoms with Gasteiger partial charge < -0.3 is 9.87 Å². The average molecular weight is 464 g/mol. The van der Waals surface area contributed by atoms with Gasteiger partial charge in [-0.3, -0.25) is 19.8 Å². The molecule has 3 heterocycles. The van der Waals surface area contributed by atoms with Gasteiger partial charge in [0.15, 0.2) is 0 Å². The third-order valence-electron chi connectivity index (χ3n) is 5.78. The first-order valence-electron chi connectivity index (χ1n) is 10.6. The Morgan fingerprint density at radius 1 is 1.21 bits per heavy atom. The number of anilines is 1. The highest BCUT2D eigenvalue weighted by atomic mass is 32.2. The van der Waals surface area contributed by atoms with Crippen molar-refractivity contribution in [2.45, 2.75) is 11.8 Å². The van der Waals surface area contributed by atoms with Crippen LogP contribution >= 0.6 is 0 Å². The number of halogens is 1. The maximum atomic E-state index is 14.0. The van der Waals surface area contributed by atoms with E-state index in [9.17, 15) is 13.7 Å². The van der Waals surface area contributed by atoms with E-state index in [1.165, 1.54) is 6.07 Å². The van der Waals surface area contributed by atoms with E-state index in [2.05, 4.69) is 20.5 Å². The maximum Gasteiger partial charge on any atom is 0.278 e. The second kappa shape index (κ2) is 9.30. The molecule has 168 valence electrons. The van der Waals surface area contributed by atoms with E-state index in [0.29, 0.717) is 36.6 Å². The number of aromatic amines is 1. The SMILES string of the molecule is O=C(Nc1ccc2[nH]nc(-c3ccncc3)c2c1)C1CN(Cc2ccccc2F)CC[S+]1[O-]. The molecule has 2 atom stereocenters. The molecule has 4 aromatic rings. The van der Waals surface area contributed by atoms with Gasteiger partial charge in [0.05, 0.1) is 12.1 Å². The molecular weight excluding hydrogens is 441 g/mol. The van der Waals surface area contributed by atoms with Crippen LogP contribution in [0.3, 0.4) is 0 Å². The van der Waals surface area contributed by atoms with Crippen molar-refractivity contribution in [1.82, 2.24) is 20.1 Å². The second-order valence-corrected chi connectivity index (χ2v) is 9.70. The molecule has 2 unspecified atom stereocenters. The number of H-pyrrole nitrogens is 1. The van der Waals surface area contributed by atoms with Crippen molar-refractivity contribution in [3.8, 4) is 11.3 Å². The minimum Gasteiger partial charge on any atom is -0.616 e. The summed E-state index contributed by atoms with van der Waals surface area (Å²) >= 11 is -1.29. The molecule has 0 aliphatic carbocycles. The van der Waals surface area contributed by atoms with Crippen LogP contribution in [0.2, 0.25) is 0 Å². The number of hydrogen-bond donors (Lipinski definition) is 2. The number of aromatic nitrogens is 3. The van der Waals surface area contributed by atoms with Crippen LogP contribution in [0.25, 0.3) is 22.2 Å². The van der Waals surface area contributed by atoms with Crippen molar-refractivity contribution in [3.63, 3.8) is 0 Å². The lowest BCUT2D eigenvalue weighted by Gasteiger charge is -2.33. The van der Waals surface area contributed by atoms with E-state index < -0.39 is 16.4 Å². The minimum atomic E-state index is -1.29. The van der Waals surface area contributed by atoms with Crippen molar-refractivity contribution in [3.05, 3.63) is 78.4 Å². The van der Waals surface area contributed by atoms with E-state index in [0.717, 1.165) is 22.2 Å². The highest BCUT2D eigenvalue weighted by Crippen LogP contribution is 2.28. The lowest BCUT2D eigenvalue weighted by Crippen LogP contribution is -2.51. The summed E-state index contributed by atoms with van der Waals surface area (Å²) in [5, 5.41) is 10.5. The fraction of sp³-hybridized carbons (Fsp3) is 0.208. The molecule has 1 saturated heterocycles. The predicted octanol–water partition coefficient (Wildman–Crippen LogP) is 3.34.